The van der Waals surface area contributed by atoms with E-state index in [-0.39, 0.29) is 0 Å². The Hall–Kier alpha value is -1.26. The van der Waals surface area contributed by atoms with Gasteiger partial charge in [0, 0.05) is 37.3 Å². The normalized spacial score (nSPS) is 14.7. The molecular weight excluding hydrogens is 240 g/mol. The van der Waals surface area contributed by atoms with Crippen molar-refractivity contribution in [2.75, 3.05) is 34.4 Å². The van der Waals surface area contributed by atoms with E-state index >= 15 is 0 Å². The number of benzene rings is 1. The summed E-state index contributed by atoms with van der Waals surface area (Å²) in [5.74, 6) is 1.71. The second-order valence-electron chi connectivity index (χ2n) is 5.07. The molecule has 0 heterocycles. The van der Waals surface area contributed by atoms with Crippen molar-refractivity contribution in [3.63, 3.8) is 0 Å². The molecule has 1 aromatic carbocycles. The Morgan fingerprint density at radius 3 is 2.68 bits per heavy atom. The fourth-order valence-electron chi connectivity index (χ4n) is 2.17. The van der Waals surface area contributed by atoms with Gasteiger partial charge in [-0.3, -0.25) is 0 Å². The predicted molar refractivity (Wildman–Crippen MR) is 76.9 cm³/mol. The number of likely N-dealkylation sites (N-methyl/N-ethyl adjacent to an activating group) is 1. The van der Waals surface area contributed by atoms with E-state index in [0.29, 0.717) is 0 Å². The van der Waals surface area contributed by atoms with Crippen LogP contribution in [-0.4, -0.2) is 45.3 Å². The third-order valence-electron chi connectivity index (χ3n) is 3.62. The lowest BCUT2D eigenvalue weighted by Crippen LogP contribution is -2.30. The van der Waals surface area contributed by atoms with Crippen LogP contribution >= 0.6 is 0 Å². The Kier molecular flexibility index (Phi) is 5.05. The van der Waals surface area contributed by atoms with Gasteiger partial charge in [-0.15, -0.1) is 0 Å². The van der Waals surface area contributed by atoms with Gasteiger partial charge in [0.1, 0.15) is 11.5 Å². The number of nitrogens with one attached hydrogen (secondary N) is 1. The minimum Gasteiger partial charge on any atom is -0.497 e. The van der Waals surface area contributed by atoms with Crippen LogP contribution in [0.25, 0.3) is 0 Å². The lowest BCUT2D eigenvalue weighted by molar-refractivity contribution is 0.321. The maximum absolute atomic E-state index is 5.38. The van der Waals surface area contributed by atoms with Crippen molar-refractivity contribution < 1.29 is 9.47 Å². The molecule has 0 radical (unpaired) electrons. The van der Waals surface area contributed by atoms with E-state index in [0.717, 1.165) is 42.7 Å². The van der Waals surface area contributed by atoms with Gasteiger partial charge in [0.25, 0.3) is 0 Å². The van der Waals surface area contributed by atoms with Crippen molar-refractivity contribution in [1.29, 1.82) is 0 Å². The zero-order chi connectivity index (χ0) is 13.7. The van der Waals surface area contributed by atoms with Crippen molar-refractivity contribution in [3.8, 4) is 11.5 Å². The van der Waals surface area contributed by atoms with E-state index in [4.69, 9.17) is 9.47 Å². The first-order valence-corrected chi connectivity index (χ1v) is 6.86. The second-order valence-corrected chi connectivity index (χ2v) is 5.07. The van der Waals surface area contributed by atoms with Crippen LogP contribution in [0, 0.1) is 0 Å². The van der Waals surface area contributed by atoms with Gasteiger partial charge in [-0.2, -0.15) is 0 Å². The van der Waals surface area contributed by atoms with E-state index < -0.39 is 0 Å². The Morgan fingerprint density at radius 2 is 2.05 bits per heavy atom. The smallest absolute Gasteiger partial charge is 0.127 e. The minimum absolute atomic E-state index is 0.825. The number of methoxy groups -OCH3 is 2. The molecule has 2 rings (SSSR count). The summed E-state index contributed by atoms with van der Waals surface area (Å²) < 4.78 is 10.6. The van der Waals surface area contributed by atoms with Gasteiger partial charge in [0.15, 0.2) is 0 Å². The van der Waals surface area contributed by atoms with Gasteiger partial charge >= 0.3 is 0 Å². The lowest BCUT2D eigenvalue weighted by Gasteiger charge is -2.16. The maximum Gasteiger partial charge on any atom is 0.127 e. The summed E-state index contributed by atoms with van der Waals surface area (Å²) in [5.41, 5.74) is 1.16. The van der Waals surface area contributed by atoms with Crippen LogP contribution < -0.4 is 14.8 Å². The van der Waals surface area contributed by atoms with Gasteiger partial charge in [-0.1, -0.05) is 6.07 Å². The first-order valence-electron chi connectivity index (χ1n) is 6.86. The molecule has 0 aromatic heterocycles. The molecule has 1 aromatic rings. The minimum atomic E-state index is 0.825. The largest absolute Gasteiger partial charge is 0.497 e. The Morgan fingerprint density at radius 1 is 1.26 bits per heavy atom. The second kappa shape index (κ2) is 6.78. The molecule has 1 fully saturated rings. The number of hydrogen-bond acceptors (Lipinski definition) is 4. The molecule has 1 saturated carbocycles. The molecule has 0 amide bonds. The molecule has 4 heteroatoms. The third-order valence-corrected chi connectivity index (χ3v) is 3.62. The first-order chi connectivity index (χ1) is 9.24. The van der Waals surface area contributed by atoms with Crippen LogP contribution in [-0.2, 0) is 6.54 Å². The molecule has 106 valence electrons. The van der Waals surface area contributed by atoms with Crippen molar-refractivity contribution in [2.24, 2.45) is 0 Å². The number of nitrogens with zero attached hydrogens (tertiary/aromatic N) is 1. The first kappa shape index (κ1) is 14.2. The van der Waals surface area contributed by atoms with Crippen molar-refractivity contribution in [1.82, 2.24) is 10.2 Å². The summed E-state index contributed by atoms with van der Waals surface area (Å²) in [7, 11) is 5.56. The van der Waals surface area contributed by atoms with Gasteiger partial charge in [-0.25, -0.2) is 0 Å². The van der Waals surface area contributed by atoms with Crippen LogP contribution in [0.15, 0.2) is 18.2 Å². The maximum atomic E-state index is 5.38. The summed E-state index contributed by atoms with van der Waals surface area (Å²) in [5, 5.41) is 3.46. The van der Waals surface area contributed by atoms with Crippen LogP contribution in [0.3, 0.4) is 0 Å². The van der Waals surface area contributed by atoms with Crippen LogP contribution in [0.4, 0.5) is 0 Å². The molecule has 0 aliphatic heterocycles. The average Bonchev–Trinajstić information content (AvgIpc) is 3.27. The van der Waals surface area contributed by atoms with Gasteiger partial charge in [-0.05, 0) is 26.0 Å². The summed E-state index contributed by atoms with van der Waals surface area (Å²) in [6, 6.07) is 6.77. The van der Waals surface area contributed by atoms with Crippen molar-refractivity contribution in [3.05, 3.63) is 23.8 Å². The van der Waals surface area contributed by atoms with Crippen LogP contribution in [0.1, 0.15) is 18.4 Å². The Bertz CT molecular complexity index is 405. The van der Waals surface area contributed by atoms with Crippen molar-refractivity contribution in [2.45, 2.75) is 25.4 Å². The molecule has 0 atom stereocenters. The molecule has 0 bridgehead atoms. The van der Waals surface area contributed by atoms with E-state index in [1.54, 1.807) is 14.2 Å². The fraction of sp³-hybridized carbons (Fsp3) is 0.600. The Labute approximate surface area is 115 Å². The van der Waals surface area contributed by atoms with Crippen LogP contribution in [0.2, 0.25) is 0 Å². The van der Waals surface area contributed by atoms with Gasteiger partial charge in [0.05, 0.1) is 14.2 Å². The molecule has 1 N–H and O–H groups in total. The molecule has 4 nitrogen and oxygen atoms in total. The third kappa shape index (κ3) is 4.11. The van der Waals surface area contributed by atoms with E-state index in [2.05, 4.69) is 23.3 Å². The van der Waals surface area contributed by atoms with Gasteiger partial charge < -0.3 is 19.7 Å². The monoisotopic (exact) mass is 264 g/mol. The van der Waals surface area contributed by atoms with Crippen LogP contribution in [0.5, 0.6) is 11.5 Å². The lowest BCUT2D eigenvalue weighted by atomic mass is 10.2. The van der Waals surface area contributed by atoms with Crippen molar-refractivity contribution >= 4 is 0 Å². The highest BCUT2D eigenvalue weighted by atomic mass is 16.5. The highest BCUT2D eigenvalue weighted by Gasteiger charge is 2.25. The highest BCUT2D eigenvalue weighted by molar-refractivity contribution is 5.40. The zero-order valence-corrected chi connectivity index (χ0v) is 12.1. The summed E-state index contributed by atoms with van der Waals surface area (Å²) in [6.45, 7) is 2.93. The molecular formula is C15H24N2O2. The molecule has 0 unspecified atom stereocenters. The molecule has 0 spiro atoms. The predicted octanol–water partition coefficient (Wildman–Crippen LogP) is 1.89. The fourth-order valence-corrected chi connectivity index (χ4v) is 2.17. The SMILES string of the molecule is COc1ccc(CNCCN(C)C2CC2)c(OC)c1. The zero-order valence-electron chi connectivity index (χ0n) is 12.1. The number of ether oxygens (including phenoxy) is 2. The number of hydrogen-bond donors (Lipinski definition) is 1. The van der Waals surface area contributed by atoms with E-state index in [1.165, 1.54) is 12.8 Å². The topological polar surface area (TPSA) is 33.7 Å². The summed E-state index contributed by atoms with van der Waals surface area (Å²) in [6.07, 6.45) is 2.73. The highest BCUT2D eigenvalue weighted by Crippen LogP contribution is 2.25. The summed E-state index contributed by atoms with van der Waals surface area (Å²) in [4.78, 5) is 2.43. The standard InChI is InChI=1S/C15H24N2O2/c1-17(13-5-6-13)9-8-16-11-12-4-7-14(18-2)10-15(12)19-3/h4,7,10,13,16H,5-6,8-9,11H2,1-3H3. The number of rotatable bonds is 8. The Balaban J connectivity index is 1.78. The summed E-state index contributed by atoms with van der Waals surface area (Å²) >= 11 is 0. The average molecular weight is 264 g/mol. The quantitative estimate of drug-likeness (QED) is 0.727. The van der Waals surface area contributed by atoms with E-state index in [9.17, 15) is 0 Å². The van der Waals surface area contributed by atoms with Gasteiger partial charge in [0.2, 0.25) is 0 Å². The molecule has 1 aliphatic rings. The van der Waals surface area contributed by atoms with E-state index in [1.807, 2.05) is 12.1 Å². The molecule has 1 aliphatic carbocycles. The molecule has 19 heavy (non-hydrogen) atoms. The molecule has 0 saturated heterocycles.